The van der Waals surface area contributed by atoms with Gasteiger partial charge in [0.25, 0.3) is 7.37 Å². The summed E-state index contributed by atoms with van der Waals surface area (Å²) in [6.45, 7) is 6.97. The third-order valence-electron chi connectivity index (χ3n) is 3.61. The number of aromatic nitrogens is 2. The number of rotatable bonds is 3. The van der Waals surface area contributed by atoms with Gasteiger partial charge in [-0.1, -0.05) is 18.2 Å². The summed E-state index contributed by atoms with van der Waals surface area (Å²) >= 11 is 0. The predicted octanol–water partition coefficient (Wildman–Crippen LogP) is 4.43. The molecule has 0 aliphatic heterocycles. The molecule has 0 saturated heterocycles. The Labute approximate surface area is 152 Å². The monoisotopic (exact) mass is 372 g/mol. The topological polar surface area (TPSA) is 70.4 Å². The maximum atomic E-state index is 12.9. The first-order chi connectivity index (χ1) is 12.2. The summed E-state index contributed by atoms with van der Waals surface area (Å²) < 4.78 is 25.2. The van der Waals surface area contributed by atoms with E-state index in [0.29, 0.717) is 22.0 Å². The van der Waals surface area contributed by atoms with Crippen molar-refractivity contribution in [3.05, 3.63) is 54.7 Å². The summed E-state index contributed by atoms with van der Waals surface area (Å²) in [5.41, 5.74) is -0.0135. The van der Waals surface area contributed by atoms with Crippen molar-refractivity contribution in [2.24, 2.45) is 0 Å². The summed E-state index contributed by atoms with van der Waals surface area (Å²) in [6.07, 6.45) is 1.00. The first-order valence-electron chi connectivity index (χ1n) is 8.20. The molecule has 6 nitrogen and oxygen atoms in total. The number of carbonyl (C=O) groups is 1. The number of fused-ring (bicyclic) bond motifs is 1. The zero-order valence-corrected chi connectivity index (χ0v) is 16.1. The fraction of sp³-hybridized carbons (Fsp3) is 0.263. The molecule has 136 valence electrons. The van der Waals surface area contributed by atoms with Crippen molar-refractivity contribution in [1.29, 1.82) is 0 Å². The Morgan fingerprint density at radius 3 is 2.46 bits per heavy atom. The van der Waals surface area contributed by atoms with Crippen LogP contribution >= 0.6 is 7.37 Å². The van der Waals surface area contributed by atoms with Gasteiger partial charge < -0.3 is 9.26 Å². The van der Waals surface area contributed by atoms with Crippen LogP contribution in [0.3, 0.4) is 0 Å². The van der Waals surface area contributed by atoms with Crippen molar-refractivity contribution in [3.8, 4) is 5.75 Å². The lowest BCUT2D eigenvalue weighted by atomic mass is 10.2. The Kier molecular flexibility index (Phi) is 4.63. The second kappa shape index (κ2) is 6.61. The Hall–Kier alpha value is -2.59. The molecule has 0 saturated carbocycles. The van der Waals surface area contributed by atoms with E-state index in [1.54, 1.807) is 64.0 Å². The highest BCUT2D eigenvalue weighted by Crippen LogP contribution is 2.42. The molecule has 0 fully saturated rings. The molecule has 3 rings (SSSR count). The molecule has 1 unspecified atom stereocenters. The minimum Gasteiger partial charge on any atom is -0.442 e. The van der Waals surface area contributed by atoms with Crippen LogP contribution in [0.2, 0.25) is 0 Å². The van der Waals surface area contributed by atoms with Crippen LogP contribution in [-0.4, -0.2) is 28.1 Å². The largest absolute Gasteiger partial charge is 0.442 e. The number of carbonyl (C=O) groups excluding carboxylic acids is 1. The first kappa shape index (κ1) is 18.2. The summed E-state index contributed by atoms with van der Waals surface area (Å²) in [5.74, 6) is 0.455. The average molecular weight is 372 g/mol. The van der Waals surface area contributed by atoms with Crippen molar-refractivity contribution in [1.82, 2.24) is 9.78 Å². The number of hydrogen-bond acceptors (Lipinski definition) is 5. The zero-order valence-electron chi connectivity index (χ0n) is 15.2. The smallest absolute Gasteiger partial charge is 0.435 e. The van der Waals surface area contributed by atoms with E-state index in [2.05, 4.69) is 5.10 Å². The predicted molar refractivity (Wildman–Crippen MR) is 102 cm³/mol. The maximum absolute atomic E-state index is 12.9. The molecule has 1 atom stereocenters. The van der Waals surface area contributed by atoms with Gasteiger partial charge in [0, 0.05) is 17.4 Å². The molecular weight excluding hydrogens is 351 g/mol. The van der Waals surface area contributed by atoms with Gasteiger partial charge in [0.05, 0.1) is 11.7 Å². The van der Waals surface area contributed by atoms with Crippen molar-refractivity contribution >= 4 is 29.7 Å². The summed E-state index contributed by atoms with van der Waals surface area (Å²) in [6, 6.07) is 14.1. The molecule has 0 aliphatic carbocycles. The lowest BCUT2D eigenvalue weighted by molar-refractivity contribution is 0.0522. The average Bonchev–Trinajstić information content (AvgIpc) is 2.97. The van der Waals surface area contributed by atoms with Gasteiger partial charge in [0.2, 0.25) is 0 Å². The van der Waals surface area contributed by atoms with Crippen LogP contribution in [0, 0.1) is 0 Å². The molecule has 7 heteroatoms. The van der Waals surface area contributed by atoms with Crippen LogP contribution < -0.4 is 9.83 Å². The number of benzene rings is 2. The molecule has 0 aliphatic rings. The van der Waals surface area contributed by atoms with Crippen molar-refractivity contribution in [3.63, 3.8) is 0 Å². The molecule has 0 spiro atoms. The lowest BCUT2D eigenvalue weighted by Crippen LogP contribution is -2.27. The normalized spacial score (nSPS) is 14.0. The SMILES string of the molecule is CC(C)(C)OC(=O)n1ncc2cc(OP(C)(=O)c3ccccc3)ccc21. The molecule has 3 aromatic rings. The van der Waals surface area contributed by atoms with E-state index in [1.165, 1.54) is 4.68 Å². The third-order valence-corrected chi connectivity index (χ3v) is 5.41. The Morgan fingerprint density at radius 2 is 1.81 bits per heavy atom. The van der Waals surface area contributed by atoms with E-state index in [1.807, 2.05) is 18.2 Å². The van der Waals surface area contributed by atoms with Crippen LogP contribution in [0.5, 0.6) is 5.75 Å². The molecular formula is C19H21N2O4P. The summed E-state index contributed by atoms with van der Waals surface area (Å²) in [4.78, 5) is 12.2. The van der Waals surface area contributed by atoms with Gasteiger partial charge in [-0.3, -0.25) is 4.57 Å². The lowest BCUT2D eigenvalue weighted by Gasteiger charge is -2.19. The van der Waals surface area contributed by atoms with Crippen LogP contribution in [0.4, 0.5) is 4.79 Å². The molecule has 1 aromatic heterocycles. The van der Waals surface area contributed by atoms with Crippen LogP contribution in [-0.2, 0) is 9.30 Å². The van der Waals surface area contributed by atoms with Crippen LogP contribution in [0.15, 0.2) is 54.7 Å². The highest BCUT2D eigenvalue weighted by Gasteiger charge is 2.22. The van der Waals surface area contributed by atoms with Gasteiger partial charge in [0.1, 0.15) is 11.4 Å². The molecule has 1 heterocycles. The Morgan fingerprint density at radius 1 is 1.12 bits per heavy atom. The van der Waals surface area contributed by atoms with E-state index in [4.69, 9.17) is 9.26 Å². The van der Waals surface area contributed by atoms with E-state index < -0.39 is 19.1 Å². The van der Waals surface area contributed by atoms with Gasteiger partial charge in [-0.2, -0.15) is 9.78 Å². The standard InChI is InChI=1S/C19H21N2O4P/c1-19(2,3)24-18(22)21-17-11-10-15(12-14(17)13-20-21)25-26(4,23)16-8-6-5-7-9-16/h5-13H,1-4H3. The number of ether oxygens (including phenoxy) is 1. The third kappa shape index (κ3) is 3.97. The number of hydrogen-bond donors (Lipinski definition) is 0. The molecule has 2 aromatic carbocycles. The highest BCUT2D eigenvalue weighted by molar-refractivity contribution is 7.66. The second-order valence-corrected chi connectivity index (χ2v) is 9.42. The van der Waals surface area contributed by atoms with Gasteiger partial charge in [-0.05, 0) is 51.1 Å². The van der Waals surface area contributed by atoms with E-state index >= 15 is 0 Å². The zero-order chi connectivity index (χ0) is 18.9. The maximum Gasteiger partial charge on any atom is 0.435 e. The molecule has 0 amide bonds. The Bertz CT molecular complexity index is 990. The summed E-state index contributed by atoms with van der Waals surface area (Å²) in [5, 5.41) is 5.43. The van der Waals surface area contributed by atoms with E-state index in [9.17, 15) is 9.36 Å². The van der Waals surface area contributed by atoms with Crippen molar-refractivity contribution in [2.75, 3.05) is 6.66 Å². The van der Waals surface area contributed by atoms with Gasteiger partial charge in [0.15, 0.2) is 0 Å². The fourth-order valence-corrected chi connectivity index (χ4v) is 3.81. The van der Waals surface area contributed by atoms with Gasteiger partial charge in [-0.15, -0.1) is 0 Å². The van der Waals surface area contributed by atoms with Crippen LogP contribution in [0.1, 0.15) is 20.8 Å². The van der Waals surface area contributed by atoms with Crippen molar-refractivity contribution < 1.29 is 18.6 Å². The highest BCUT2D eigenvalue weighted by atomic mass is 31.2. The fourth-order valence-electron chi connectivity index (χ4n) is 2.47. The number of nitrogens with zero attached hydrogens (tertiary/aromatic N) is 2. The van der Waals surface area contributed by atoms with E-state index in [0.717, 1.165) is 0 Å². The van der Waals surface area contributed by atoms with Gasteiger partial charge in [-0.25, -0.2) is 4.79 Å². The molecule has 0 N–H and O–H groups in total. The quantitative estimate of drug-likeness (QED) is 0.636. The molecule has 26 heavy (non-hydrogen) atoms. The van der Waals surface area contributed by atoms with Crippen LogP contribution in [0.25, 0.3) is 10.9 Å². The summed E-state index contributed by atoms with van der Waals surface area (Å²) in [7, 11) is -3.00. The second-order valence-electron chi connectivity index (χ2n) is 7.03. The van der Waals surface area contributed by atoms with E-state index in [-0.39, 0.29) is 0 Å². The van der Waals surface area contributed by atoms with Gasteiger partial charge >= 0.3 is 6.09 Å². The Balaban J connectivity index is 1.87. The van der Waals surface area contributed by atoms with Crippen molar-refractivity contribution in [2.45, 2.75) is 26.4 Å². The minimum absolute atomic E-state index is 0.455. The molecule has 0 radical (unpaired) electrons. The first-order valence-corrected chi connectivity index (χ1v) is 10.3. The molecule has 0 bridgehead atoms. The minimum atomic E-state index is -3.00.